The van der Waals surface area contributed by atoms with Crippen LogP contribution in [0.3, 0.4) is 0 Å². The van der Waals surface area contributed by atoms with Crippen LogP contribution < -0.4 is 5.32 Å². The van der Waals surface area contributed by atoms with E-state index < -0.39 is 0 Å². The molecule has 0 spiro atoms. The number of aromatic nitrogens is 2. The number of morpholine rings is 1. The lowest BCUT2D eigenvalue weighted by Gasteiger charge is -2.20. The lowest BCUT2D eigenvalue weighted by molar-refractivity contribution is 0.00754. The molecule has 2 aliphatic heterocycles. The third-order valence-corrected chi connectivity index (χ3v) is 3.76. The van der Waals surface area contributed by atoms with Gasteiger partial charge in [0.05, 0.1) is 13.2 Å². The fourth-order valence-electron chi connectivity index (χ4n) is 1.87. The summed E-state index contributed by atoms with van der Waals surface area (Å²) in [7, 11) is 0. The second-order valence-electron chi connectivity index (χ2n) is 3.99. The number of nitrogens with zero attached hydrogens (tertiary/aromatic N) is 2. The molecule has 0 radical (unpaired) electrons. The number of hydrogen-bond donors (Lipinski definition) is 1. The zero-order valence-corrected chi connectivity index (χ0v) is 10.2. The monoisotopic (exact) mass is 257 g/mol. The molecule has 94 valence electrons. The van der Waals surface area contributed by atoms with Crippen LogP contribution in [0.4, 0.5) is 0 Å². The molecular weight excluding hydrogens is 242 g/mol. The molecule has 3 rings (SSSR count). The minimum absolute atomic E-state index is 0.0391. The van der Waals surface area contributed by atoms with Gasteiger partial charge in [-0.1, -0.05) is 5.16 Å². The Hall–Kier alpha value is -0.630. The number of nitrogens with one attached hydrogen (secondary N) is 1. The highest BCUT2D eigenvalue weighted by atomic mass is 32.2. The molecule has 7 heteroatoms. The largest absolute Gasteiger partial charge is 0.368 e. The van der Waals surface area contributed by atoms with Crippen LogP contribution in [0.2, 0.25) is 0 Å². The van der Waals surface area contributed by atoms with Gasteiger partial charge in [-0.15, -0.1) is 0 Å². The van der Waals surface area contributed by atoms with Crippen LogP contribution in [0, 0.1) is 0 Å². The highest BCUT2D eigenvalue weighted by Crippen LogP contribution is 2.26. The Morgan fingerprint density at radius 1 is 1.24 bits per heavy atom. The fraction of sp³-hybridized carbons (Fsp3) is 0.800. The zero-order chi connectivity index (χ0) is 11.5. The molecule has 1 aromatic heterocycles. The first-order valence-electron chi connectivity index (χ1n) is 5.78. The van der Waals surface area contributed by atoms with Crippen molar-refractivity contribution in [3.05, 3.63) is 11.7 Å². The molecule has 0 saturated carbocycles. The second kappa shape index (κ2) is 5.34. The maximum atomic E-state index is 5.60. The van der Waals surface area contributed by atoms with E-state index in [1.54, 1.807) is 0 Å². The third kappa shape index (κ3) is 2.62. The summed E-state index contributed by atoms with van der Waals surface area (Å²) in [5.41, 5.74) is 0. The Bertz CT molecular complexity index is 329. The van der Waals surface area contributed by atoms with Crippen LogP contribution in [-0.2, 0) is 9.47 Å². The summed E-state index contributed by atoms with van der Waals surface area (Å²) in [6, 6.07) is 0. The topological polar surface area (TPSA) is 69.4 Å². The van der Waals surface area contributed by atoms with Crippen LogP contribution in [0.5, 0.6) is 0 Å². The fourth-order valence-corrected chi connectivity index (χ4v) is 2.71. The van der Waals surface area contributed by atoms with E-state index in [0.29, 0.717) is 18.3 Å². The Balaban J connectivity index is 1.68. The smallest absolute Gasteiger partial charge is 0.257 e. The van der Waals surface area contributed by atoms with Crippen molar-refractivity contribution in [2.75, 3.05) is 37.8 Å². The summed E-state index contributed by atoms with van der Waals surface area (Å²) in [6.07, 6.45) is -0.163. The zero-order valence-electron chi connectivity index (χ0n) is 9.42. The van der Waals surface area contributed by atoms with Crippen LogP contribution >= 0.6 is 11.8 Å². The van der Waals surface area contributed by atoms with Gasteiger partial charge < -0.3 is 19.3 Å². The lowest BCUT2D eigenvalue weighted by atomic mass is 10.3. The van der Waals surface area contributed by atoms with Crippen LogP contribution in [0.15, 0.2) is 4.52 Å². The van der Waals surface area contributed by atoms with E-state index >= 15 is 0 Å². The molecule has 6 nitrogen and oxygen atoms in total. The standard InChI is InChI=1S/C10H15N3O3S/c1-2-14-7(5-11-1)10-12-9(13-16-10)8-6-17-4-3-15-8/h7-8,11H,1-6H2. The minimum atomic E-state index is -0.124. The summed E-state index contributed by atoms with van der Waals surface area (Å²) >= 11 is 1.85. The van der Waals surface area contributed by atoms with Gasteiger partial charge in [-0.05, 0) is 0 Å². The van der Waals surface area contributed by atoms with Gasteiger partial charge in [0.15, 0.2) is 0 Å². The summed E-state index contributed by atoms with van der Waals surface area (Å²) < 4.78 is 16.4. The third-order valence-electron chi connectivity index (χ3n) is 2.76. The minimum Gasteiger partial charge on any atom is -0.368 e. The molecule has 17 heavy (non-hydrogen) atoms. The number of thioether (sulfide) groups is 1. The molecule has 2 aliphatic rings. The van der Waals surface area contributed by atoms with Crippen molar-refractivity contribution in [1.82, 2.24) is 15.5 Å². The molecule has 0 amide bonds. The van der Waals surface area contributed by atoms with Gasteiger partial charge in [-0.25, -0.2) is 0 Å². The first-order valence-corrected chi connectivity index (χ1v) is 6.94. The van der Waals surface area contributed by atoms with Crippen molar-refractivity contribution in [2.45, 2.75) is 12.2 Å². The number of rotatable bonds is 2. The molecule has 2 saturated heterocycles. The van der Waals surface area contributed by atoms with Gasteiger partial charge in [0, 0.05) is 24.6 Å². The Morgan fingerprint density at radius 2 is 2.18 bits per heavy atom. The average molecular weight is 257 g/mol. The van der Waals surface area contributed by atoms with E-state index in [2.05, 4.69) is 15.5 Å². The van der Waals surface area contributed by atoms with Gasteiger partial charge in [0.2, 0.25) is 5.82 Å². The normalized spacial score (nSPS) is 30.4. The van der Waals surface area contributed by atoms with Crippen molar-refractivity contribution >= 4 is 11.8 Å². The molecule has 3 heterocycles. The summed E-state index contributed by atoms with van der Waals surface area (Å²) in [6.45, 7) is 3.03. The number of hydrogen-bond acceptors (Lipinski definition) is 7. The van der Waals surface area contributed by atoms with Crippen LogP contribution in [0.25, 0.3) is 0 Å². The van der Waals surface area contributed by atoms with Gasteiger partial charge in [-0.3, -0.25) is 0 Å². The molecule has 0 aromatic carbocycles. The van der Waals surface area contributed by atoms with Gasteiger partial charge in [-0.2, -0.15) is 16.7 Å². The lowest BCUT2D eigenvalue weighted by Crippen LogP contribution is -2.33. The molecule has 1 N–H and O–H groups in total. The van der Waals surface area contributed by atoms with Gasteiger partial charge in [0.25, 0.3) is 5.89 Å². The van der Waals surface area contributed by atoms with E-state index in [4.69, 9.17) is 14.0 Å². The summed E-state index contributed by atoms with van der Waals surface area (Å²) in [5, 5.41) is 7.22. The quantitative estimate of drug-likeness (QED) is 0.829. The first kappa shape index (κ1) is 11.5. The first-order chi connectivity index (χ1) is 8.43. The van der Waals surface area contributed by atoms with E-state index in [9.17, 15) is 0 Å². The molecule has 2 fully saturated rings. The molecule has 1 aromatic rings. The highest BCUT2D eigenvalue weighted by molar-refractivity contribution is 7.99. The Kier molecular flexibility index (Phi) is 3.60. The SMILES string of the molecule is C1COC(c2nc(C3CSCCO3)no2)CN1. The molecule has 0 aliphatic carbocycles. The Labute approximate surface area is 103 Å². The van der Waals surface area contributed by atoms with Gasteiger partial charge >= 0.3 is 0 Å². The summed E-state index contributed by atoms with van der Waals surface area (Å²) in [4.78, 5) is 4.38. The van der Waals surface area contributed by atoms with E-state index in [-0.39, 0.29) is 12.2 Å². The summed E-state index contributed by atoms with van der Waals surface area (Å²) in [5.74, 6) is 3.12. The second-order valence-corrected chi connectivity index (χ2v) is 5.14. The maximum Gasteiger partial charge on any atom is 0.257 e. The van der Waals surface area contributed by atoms with Crippen LogP contribution in [0.1, 0.15) is 23.9 Å². The van der Waals surface area contributed by atoms with Crippen molar-refractivity contribution in [2.24, 2.45) is 0 Å². The van der Waals surface area contributed by atoms with Crippen molar-refractivity contribution in [1.29, 1.82) is 0 Å². The van der Waals surface area contributed by atoms with E-state index in [0.717, 1.165) is 31.2 Å². The maximum absolute atomic E-state index is 5.60. The predicted octanol–water partition coefficient (Wildman–Crippen LogP) is 0.535. The molecule has 2 atom stereocenters. The number of ether oxygens (including phenoxy) is 2. The average Bonchev–Trinajstić information content (AvgIpc) is 2.90. The van der Waals surface area contributed by atoms with Crippen molar-refractivity contribution in [3.63, 3.8) is 0 Å². The molecule has 2 unspecified atom stereocenters. The van der Waals surface area contributed by atoms with Crippen LogP contribution in [-0.4, -0.2) is 47.9 Å². The van der Waals surface area contributed by atoms with E-state index in [1.165, 1.54) is 0 Å². The van der Waals surface area contributed by atoms with Crippen molar-refractivity contribution in [3.8, 4) is 0 Å². The molecular formula is C10H15N3O3S. The molecule has 0 bridgehead atoms. The van der Waals surface area contributed by atoms with Crippen molar-refractivity contribution < 1.29 is 14.0 Å². The predicted molar refractivity (Wildman–Crippen MR) is 61.9 cm³/mol. The highest BCUT2D eigenvalue weighted by Gasteiger charge is 2.26. The van der Waals surface area contributed by atoms with Gasteiger partial charge in [0.1, 0.15) is 12.2 Å². The van der Waals surface area contributed by atoms with E-state index in [1.807, 2.05) is 11.8 Å². The Morgan fingerprint density at radius 3 is 2.94 bits per heavy atom.